The highest BCUT2D eigenvalue weighted by molar-refractivity contribution is 7.91. The van der Waals surface area contributed by atoms with Crippen LogP contribution in [-0.4, -0.2) is 13.4 Å². The van der Waals surface area contributed by atoms with E-state index in [1.54, 1.807) is 24.3 Å². The Morgan fingerprint density at radius 2 is 1.70 bits per heavy atom. The first-order valence-electron chi connectivity index (χ1n) is 7.91. The molecule has 0 radical (unpaired) electrons. The summed E-state index contributed by atoms with van der Waals surface area (Å²) in [6, 6.07) is 17.1. The Labute approximate surface area is 159 Å². The van der Waals surface area contributed by atoms with Crippen LogP contribution < -0.4 is 5.32 Å². The van der Waals surface area contributed by atoms with Crippen molar-refractivity contribution in [2.75, 3.05) is 5.32 Å². The van der Waals surface area contributed by atoms with Gasteiger partial charge >= 0.3 is 0 Å². The monoisotopic (exact) mass is 400 g/mol. The van der Waals surface area contributed by atoms with E-state index in [2.05, 4.69) is 10.3 Å². The van der Waals surface area contributed by atoms with Gasteiger partial charge in [-0.25, -0.2) is 12.8 Å². The van der Waals surface area contributed by atoms with Gasteiger partial charge in [-0.1, -0.05) is 24.3 Å². The molecule has 2 aromatic carbocycles. The number of thiophene rings is 1. The molecule has 0 unspecified atom stereocenters. The summed E-state index contributed by atoms with van der Waals surface area (Å²) >= 11 is 1.38. The van der Waals surface area contributed by atoms with E-state index in [1.807, 2.05) is 11.4 Å². The molecule has 0 aliphatic rings. The van der Waals surface area contributed by atoms with Crippen LogP contribution in [0.4, 0.5) is 16.0 Å². The molecule has 0 saturated carbocycles. The van der Waals surface area contributed by atoms with Crippen molar-refractivity contribution < 1.29 is 17.2 Å². The minimum atomic E-state index is -3.90. The van der Waals surface area contributed by atoms with Crippen LogP contribution >= 0.6 is 11.3 Å². The van der Waals surface area contributed by atoms with Gasteiger partial charge < -0.3 is 9.73 Å². The van der Waals surface area contributed by atoms with Gasteiger partial charge in [0.15, 0.2) is 0 Å². The van der Waals surface area contributed by atoms with Crippen LogP contribution in [0.3, 0.4) is 0 Å². The molecule has 136 valence electrons. The first-order chi connectivity index (χ1) is 13.0. The van der Waals surface area contributed by atoms with E-state index in [4.69, 9.17) is 4.42 Å². The summed E-state index contributed by atoms with van der Waals surface area (Å²) in [5.74, 6) is -0.215. The molecule has 8 heteroatoms. The number of oxazole rings is 1. The molecule has 0 atom stereocenters. The van der Waals surface area contributed by atoms with Crippen molar-refractivity contribution in [3.8, 4) is 10.8 Å². The van der Waals surface area contributed by atoms with Crippen LogP contribution in [0.2, 0.25) is 0 Å². The number of hydrogen-bond acceptors (Lipinski definition) is 6. The molecule has 0 aliphatic heterocycles. The summed E-state index contributed by atoms with van der Waals surface area (Å²) in [6.45, 7) is 0. The fourth-order valence-electron chi connectivity index (χ4n) is 2.45. The Balaban J connectivity index is 1.83. The molecule has 4 aromatic rings. The quantitative estimate of drug-likeness (QED) is 0.503. The van der Waals surface area contributed by atoms with Crippen LogP contribution in [0.1, 0.15) is 0 Å². The zero-order valence-electron chi connectivity index (χ0n) is 13.8. The third-order valence-corrected chi connectivity index (χ3v) is 6.27. The van der Waals surface area contributed by atoms with E-state index in [0.717, 1.165) is 0 Å². The normalized spacial score (nSPS) is 11.4. The second-order valence-corrected chi connectivity index (χ2v) is 8.39. The zero-order chi connectivity index (χ0) is 18.9. The molecule has 0 spiro atoms. The highest BCUT2D eigenvalue weighted by atomic mass is 32.2. The average molecular weight is 400 g/mol. The van der Waals surface area contributed by atoms with Crippen molar-refractivity contribution >= 4 is 32.7 Å². The summed E-state index contributed by atoms with van der Waals surface area (Å²) < 4.78 is 45.0. The number of benzene rings is 2. The number of nitrogens with zero attached hydrogens (tertiary/aromatic N) is 1. The van der Waals surface area contributed by atoms with Crippen LogP contribution in [0.5, 0.6) is 0 Å². The van der Waals surface area contributed by atoms with Crippen molar-refractivity contribution in [1.29, 1.82) is 0 Å². The van der Waals surface area contributed by atoms with Gasteiger partial charge in [-0.15, -0.1) is 11.3 Å². The van der Waals surface area contributed by atoms with Gasteiger partial charge in [-0.2, -0.15) is 4.98 Å². The SMILES string of the molecule is O=S(=O)(c1ccccc1)c1nc(-c2cccs2)oc1Nc1ccc(F)cc1. The lowest BCUT2D eigenvalue weighted by molar-refractivity contribution is 0.582. The van der Waals surface area contributed by atoms with Crippen molar-refractivity contribution in [2.24, 2.45) is 0 Å². The Hall–Kier alpha value is -2.97. The molecule has 27 heavy (non-hydrogen) atoms. The Bertz CT molecular complexity index is 1150. The zero-order valence-corrected chi connectivity index (χ0v) is 15.4. The number of anilines is 2. The third-order valence-electron chi connectivity index (χ3n) is 3.74. The van der Waals surface area contributed by atoms with Gasteiger partial charge in [0.25, 0.3) is 0 Å². The second kappa shape index (κ2) is 6.98. The highest BCUT2D eigenvalue weighted by Gasteiger charge is 2.28. The topological polar surface area (TPSA) is 72.2 Å². The lowest BCUT2D eigenvalue weighted by Crippen LogP contribution is -2.05. The van der Waals surface area contributed by atoms with Crippen molar-refractivity contribution in [1.82, 2.24) is 4.98 Å². The minimum Gasteiger partial charge on any atom is -0.418 e. The lowest BCUT2D eigenvalue weighted by Gasteiger charge is -2.06. The fraction of sp³-hybridized carbons (Fsp3) is 0. The number of halogens is 1. The summed E-state index contributed by atoms with van der Waals surface area (Å²) in [5.41, 5.74) is 0.481. The summed E-state index contributed by atoms with van der Waals surface area (Å²) in [6.07, 6.45) is 0. The third kappa shape index (κ3) is 3.49. The first-order valence-corrected chi connectivity index (χ1v) is 10.3. The van der Waals surface area contributed by atoms with Crippen LogP contribution in [-0.2, 0) is 9.84 Å². The smallest absolute Gasteiger partial charge is 0.240 e. The number of sulfone groups is 1. The van der Waals surface area contributed by atoms with E-state index in [0.29, 0.717) is 10.6 Å². The van der Waals surface area contributed by atoms with Crippen molar-refractivity contribution in [2.45, 2.75) is 9.92 Å². The Morgan fingerprint density at radius 3 is 2.37 bits per heavy atom. The van der Waals surface area contributed by atoms with Gasteiger partial charge in [0, 0.05) is 5.69 Å². The highest BCUT2D eigenvalue weighted by Crippen LogP contribution is 2.35. The molecule has 2 aromatic heterocycles. The summed E-state index contributed by atoms with van der Waals surface area (Å²) in [5, 5.41) is 4.51. The molecular weight excluding hydrogens is 387 g/mol. The first kappa shape index (κ1) is 17.4. The van der Waals surface area contributed by atoms with Gasteiger partial charge in [0.05, 0.1) is 9.77 Å². The summed E-state index contributed by atoms with van der Waals surface area (Å²) in [7, 11) is -3.90. The maximum absolute atomic E-state index is 13.1. The standard InChI is InChI=1S/C19H13FN2O3S2/c20-13-8-10-14(11-9-13)21-18-19(22-17(25-18)16-7-4-12-26-16)27(23,24)15-5-2-1-3-6-15/h1-12,21H. The van der Waals surface area contributed by atoms with Crippen molar-refractivity contribution in [3.05, 3.63) is 77.9 Å². The number of aromatic nitrogens is 1. The predicted octanol–water partition coefficient (Wildman–Crippen LogP) is 5.12. The van der Waals surface area contributed by atoms with Crippen molar-refractivity contribution in [3.63, 3.8) is 0 Å². The van der Waals surface area contributed by atoms with Gasteiger partial charge in [0.1, 0.15) is 5.82 Å². The predicted molar refractivity (Wildman–Crippen MR) is 101 cm³/mol. The van der Waals surface area contributed by atoms with Gasteiger partial charge in [-0.3, -0.25) is 0 Å². The molecule has 5 nitrogen and oxygen atoms in total. The minimum absolute atomic E-state index is 0.0196. The molecule has 0 bridgehead atoms. The lowest BCUT2D eigenvalue weighted by atomic mass is 10.3. The summed E-state index contributed by atoms with van der Waals surface area (Å²) in [4.78, 5) is 5.04. The van der Waals surface area contributed by atoms with Crippen LogP contribution in [0.25, 0.3) is 10.8 Å². The molecular formula is C19H13FN2O3S2. The Kier molecular flexibility index (Phi) is 4.51. The van der Waals surface area contributed by atoms with E-state index in [9.17, 15) is 12.8 Å². The maximum Gasteiger partial charge on any atom is 0.240 e. The Morgan fingerprint density at radius 1 is 0.963 bits per heavy atom. The largest absolute Gasteiger partial charge is 0.418 e. The number of rotatable bonds is 5. The number of hydrogen-bond donors (Lipinski definition) is 1. The molecule has 0 aliphatic carbocycles. The molecule has 0 fully saturated rings. The van der Waals surface area contributed by atoms with E-state index < -0.39 is 15.7 Å². The second-order valence-electron chi connectivity index (χ2n) is 5.58. The molecule has 1 N–H and O–H groups in total. The molecule has 0 saturated heterocycles. The van der Waals surface area contributed by atoms with E-state index >= 15 is 0 Å². The van der Waals surface area contributed by atoms with Gasteiger partial charge in [0.2, 0.25) is 26.6 Å². The number of nitrogens with one attached hydrogen (secondary N) is 1. The van der Waals surface area contributed by atoms with Crippen LogP contribution in [0, 0.1) is 5.82 Å². The average Bonchev–Trinajstić information content (AvgIpc) is 3.34. The molecule has 2 heterocycles. The van der Waals surface area contributed by atoms with Crippen LogP contribution in [0.15, 0.2) is 86.4 Å². The van der Waals surface area contributed by atoms with E-state index in [-0.39, 0.29) is 21.7 Å². The van der Waals surface area contributed by atoms with E-state index in [1.165, 1.54) is 47.7 Å². The maximum atomic E-state index is 13.1. The molecule has 0 amide bonds. The van der Waals surface area contributed by atoms with Gasteiger partial charge in [-0.05, 0) is 47.8 Å². The molecule has 4 rings (SSSR count). The fourth-order valence-corrected chi connectivity index (χ4v) is 4.38.